The molecule has 0 aromatic carbocycles. The molecule has 0 aliphatic carbocycles. The fourth-order valence-electron chi connectivity index (χ4n) is 0.489. The van der Waals surface area contributed by atoms with E-state index in [1.54, 1.807) is 12.1 Å². The van der Waals surface area contributed by atoms with Crippen molar-refractivity contribution < 1.29 is 9.90 Å². The summed E-state index contributed by atoms with van der Waals surface area (Å²) in [6, 6.07) is 4.76. The maximum Gasteiger partial charge on any atom is 0.354 e. The van der Waals surface area contributed by atoms with Gasteiger partial charge in [0.05, 0.1) is 0 Å². The van der Waals surface area contributed by atoms with Crippen molar-refractivity contribution in [1.29, 1.82) is 0 Å². The molecule has 0 bridgehead atoms. The van der Waals surface area contributed by atoms with Crippen LogP contribution in [-0.4, -0.2) is 42.3 Å². The van der Waals surface area contributed by atoms with Crippen LogP contribution < -0.4 is 0 Å². The Morgan fingerprint density at radius 1 is 1.50 bits per heavy atom. The van der Waals surface area contributed by atoms with Gasteiger partial charge in [-0.15, -0.1) is 0 Å². The summed E-state index contributed by atoms with van der Waals surface area (Å²) in [6.45, 7) is 0. The van der Waals surface area contributed by atoms with Gasteiger partial charge in [-0.2, -0.15) is 0 Å². The van der Waals surface area contributed by atoms with Crippen molar-refractivity contribution >= 4 is 32.2 Å². The van der Waals surface area contributed by atoms with E-state index in [2.05, 4.69) is 4.98 Å². The molecule has 1 aromatic rings. The molecule has 1 aromatic heterocycles. The largest absolute Gasteiger partial charge is 0.477 e. The van der Waals surface area contributed by atoms with E-state index >= 15 is 0 Å². The third kappa shape index (κ3) is 2.40. The van der Waals surface area contributed by atoms with Crippen LogP contribution in [0.1, 0.15) is 10.5 Å². The Morgan fingerprint density at radius 2 is 2.20 bits per heavy atom. The molecule has 10 heavy (non-hydrogen) atoms. The number of nitrogens with zero attached hydrogens (tertiary/aromatic N) is 1. The van der Waals surface area contributed by atoms with Crippen LogP contribution in [-0.2, 0) is 0 Å². The number of carboxylic acid groups (broad SMARTS) is 1. The van der Waals surface area contributed by atoms with Gasteiger partial charge in [0, 0.05) is 32.4 Å². The van der Waals surface area contributed by atoms with E-state index in [-0.39, 0.29) is 31.9 Å². The molecule has 0 unspecified atom stereocenters. The molecule has 4 heteroatoms. The quantitative estimate of drug-likeness (QED) is 0.758. The summed E-state index contributed by atoms with van der Waals surface area (Å²) in [5.41, 5.74) is 0.0810. The molecule has 0 spiro atoms. The molecule has 0 fully saturated rings. The van der Waals surface area contributed by atoms with Crippen molar-refractivity contribution in [3.63, 3.8) is 0 Å². The number of aromatic carboxylic acids is 1. The third-order valence-corrected chi connectivity index (χ3v) is 0.884. The Morgan fingerprint density at radius 3 is 2.50 bits per heavy atom. The average molecular weight is 332 g/mol. The normalized spacial score (nSPS) is 8.00. The molecule has 3 radical (unpaired) electrons. The predicted octanol–water partition coefficient (Wildman–Crippen LogP) is 0.399. The van der Waals surface area contributed by atoms with Crippen molar-refractivity contribution in [3.8, 4) is 0 Å². The van der Waals surface area contributed by atoms with Crippen LogP contribution in [0.5, 0.6) is 0 Å². The zero-order chi connectivity index (χ0) is 6.69. The number of pyridine rings is 1. The van der Waals surface area contributed by atoms with Crippen molar-refractivity contribution in [3.05, 3.63) is 30.1 Å². The van der Waals surface area contributed by atoms with Crippen molar-refractivity contribution in [2.24, 2.45) is 0 Å². The van der Waals surface area contributed by atoms with Crippen molar-refractivity contribution in [2.75, 3.05) is 0 Å². The first kappa shape index (κ1) is 9.50. The first-order valence-electron chi connectivity index (χ1n) is 2.45. The summed E-state index contributed by atoms with van der Waals surface area (Å²) in [5, 5.41) is 8.32. The summed E-state index contributed by atoms with van der Waals surface area (Å²) in [4.78, 5) is 13.7. The van der Waals surface area contributed by atoms with E-state index in [0.717, 1.165) is 0 Å². The van der Waals surface area contributed by atoms with Gasteiger partial charge in [0.15, 0.2) is 0 Å². The average Bonchev–Trinajstić information content (AvgIpc) is 1.90. The van der Waals surface area contributed by atoms with Gasteiger partial charge in [0.25, 0.3) is 0 Å². The number of rotatable bonds is 1. The van der Waals surface area contributed by atoms with Gasteiger partial charge in [0.1, 0.15) is 5.69 Å². The van der Waals surface area contributed by atoms with Crippen molar-refractivity contribution in [2.45, 2.75) is 0 Å². The minimum absolute atomic E-state index is 0. The zero-order valence-electron chi connectivity index (χ0n) is 5.06. The number of carbonyl (C=O) groups is 1. The third-order valence-electron chi connectivity index (χ3n) is 0.884. The zero-order valence-corrected chi connectivity index (χ0v) is 8.54. The van der Waals surface area contributed by atoms with Crippen LogP contribution in [0, 0.1) is 0 Å². The summed E-state index contributed by atoms with van der Waals surface area (Å²) >= 11 is 0. The Bertz CT molecular complexity index is 212. The van der Waals surface area contributed by atoms with Gasteiger partial charge in [-0.25, -0.2) is 9.78 Å². The van der Waals surface area contributed by atoms with E-state index in [1.165, 1.54) is 12.3 Å². The van der Waals surface area contributed by atoms with Crippen LogP contribution in [0.25, 0.3) is 0 Å². The van der Waals surface area contributed by atoms with Crippen LogP contribution in [0.15, 0.2) is 24.4 Å². The van der Waals surface area contributed by atoms with Crippen LogP contribution in [0.4, 0.5) is 0 Å². The minimum atomic E-state index is -0.990. The van der Waals surface area contributed by atoms with E-state index in [0.29, 0.717) is 0 Å². The predicted molar refractivity (Wildman–Crippen MR) is 37.0 cm³/mol. The molecule has 51 valence electrons. The fraction of sp³-hybridized carbons (Fsp3) is 0. The maximum atomic E-state index is 10.1. The van der Waals surface area contributed by atoms with E-state index in [4.69, 9.17) is 5.11 Å². The molecule has 0 atom stereocenters. The number of hydrogen-bond acceptors (Lipinski definition) is 2. The Balaban J connectivity index is 0.000000810. The van der Waals surface area contributed by atoms with E-state index in [1.807, 2.05) is 0 Å². The van der Waals surface area contributed by atoms with Gasteiger partial charge in [0.2, 0.25) is 0 Å². The summed E-state index contributed by atoms with van der Waals surface area (Å²) in [5.74, 6) is -0.990. The fourth-order valence-corrected chi connectivity index (χ4v) is 0.489. The summed E-state index contributed by atoms with van der Waals surface area (Å²) < 4.78 is 0. The number of aromatic nitrogens is 1. The van der Waals surface area contributed by atoms with Crippen LogP contribution in [0.2, 0.25) is 0 Å². The van der Waals surface area contributed by atoms with Gasteiger partial charge in [-0.1, -0.05) is 6.07 Å². The second-order valence-electron chi connectivity index (χ2n) is 1.52. The van der Waals surface area contributed by atoms with E-state index in [9.17, 15) is 4.79 Å². The van der Waals surface area contributed by atoms with Gasteiger partial charge in [-0.05, 0) is 12.1 Å². The standard InChI is InChI=1S/C6H5NO2.Bi/c8-6(9)5-3-1-2-4-7-5;/h1-4H,(H,8,9);. The second-order valence-corrected chi connectivity index (χ2v) is 1.52. The molecule has 0 amide bonds. The SMILES string of the molecule is O=C(O)c1ccccn1.[Bi]. The minimum Gasteiger partial charge on any atom is -0.477 e. The van der Waals surface area contributed by atoms with Crippen LogP contribution >= 0.6 is 0 Å². The number of hydrogen-bond donors (Lipinski definition) is 1. The Kier molecular flexibility index (Phi) is 4.12. The first-order valence-corrected chi connectivity index (χ1v) is 2.45. The van der Waals surface area contributed by atoms with Gasteiger partial charge < -0.3 is 5.11 Å². The molecule has 3 nitrogen and oxygen atoms in total. The molecule has 0 saturated carbocycles. The molecular weight excluding hydrogens is 327 g/mol. The second kappa shape index (κ2) is 4.34. The van der Waals surface area contributed by atoms with Crippen molar-refractivity contribution in [1.82, 2.24) is 4.98 Å². The Hall–Kier alpha value is -0.497. The molecular formula is C6H5BiNO2. The molecule has 0 aliphatic heterocycles. The molecule has 1 rings (SSSR count). The first-order chi connectivity index (χ1) is 4.30. The van der Waals surface area contributed by atoms with E-state index < -0.39 is 5.97 Å². The number of carboxylic acids is 1. The molecule has 0 aliphatic rings. The summed E-state index contributed by atoms with van der Waals surface area (Å²) in [6.07, 6.45) is 1.45. The summed E-state index contributed by atoms with van der Waals surface area (Å²) in [7, 11) is 0. The monoisotopic (exact) mass is 332 g/mol. The molecule has 1 heterocycles. The maximum absolute atomic E-state index is 10.1. The smallest absolute Gasteiger partial charge is 0.354 e. The van der Waals surface area contributed by atoms with Gasteiger partial charge >= 0.3 is 5.97 Å². The van der Waals surface area contributed by atoms with Crippen LogP contribution in [0.3, 0.4) is 0 Å². The Labute approximate surface area is 77.2 Å². The van der Waals surface area contributed by atoms with Gasteiger partial charge in [-0.3, -0.25) is 0 Å². The molecule has 0 saturated heterocycles. The topological polar surface area (TPSA) is 50.2 Å². The molecule has 1 N–H and O–H groups in total.